The average molecular weight is 211 g/mol. The number of hydrogen-bond donors (Lipinski definition) is 1. The van der Waals surface area contributed by atoms with Gasteiger partial charge < -0.3 is 4.98 Å². The average Bonchev–Trinajstić information content (AvgIpc) is 2.30. The molecule has 0 fully saturated rings. The van der Waals surface area contributed by atoms with Crippen LogP contribution in [0.1, 0.15) is 11.3 Å². The number of rotatable bonds is 1. The molecule has 0 aromatic carbocycles. The van der Waals surface area contributed by atoms with E-state index in [4.69, 9.17) is 5.26 Å². The van der Waals surface area contributed by atoms with E-state index in [1.807, 2.05) is 18.2 Å². The van der Waals surface area contributed by atoms with Crippen LogP contribution in [0.5, 0.6) is 0 Å². The molecule has 0 atom stereocenters. The standard InChI is InChI=1S/C12H9N3O/c1-8-11(9-3-2-4-14-7-9)5-10(6-13)12(16)15-8/h2-5,7H,1H3,(H,15,16). The Morgan fingerprint density at radius 1 is 1.50 bits per heavy atom. The first-order chi connectivity index (χ1) is 7.72. The highest BCUT2D eigenvalue weighted by atomic mass is 16.1. The van der Waals surface area contributed by atoms with E-state index in [2.05, 4.69) is 9.97 Å². The summed E-state index contributed by atoms with van der Waals surface area (Å²) in [5, 5.41) is 8.80. The monoisotopic (exact) mass is 211 g/mol. The molecule has 0 spiro atoms. The van der Waals surface area contributed by atoms with Crippen LogP contribution in [-0.2, 0) is 0 Å². The maximum absolute atomic E-state index is 11.4. The summed E-state index contributed by atoms with van der Waals surface area (Å²) in [5.41, 5.74) is 2.20. The van der Waals surface area contributed by atoms with Crippen LogP contribution in [0.15, 0.2) is 35.4 Å². The molecule has 4 heteroatoms. The molecule has 2 heterocycles. The Morgan fingerprint density at radius 2 is 2.31 bits per heavy atom. The molecule has 2 rings (SSSR count). The van der Waals surface area contributed by atoms with Crippen LogP contribution in [0, 0.1) is 18.3 Å². The highest BCUT2D eigenvalue weighted by molar-refractivity contribution is 5.66. The third kappa shape index (κ3) is 1.71. The molecule has 0 bridgehead atoms. The molecule has 16 heavy (non-hydrogen) atoms. The molecule has 0 unspecified atom stereocenters. The van der Waals surface area contributed by atoms with Gasteiger partial charge in [0.05, 0.1) is 0 Å². The molecule has 0 amide bonds. The van der Waals surface area contributed by atoms with Gasteiger partial charge >= 0.3 is 0 Å². The van der Waals surface area contributed by atoms with Crippen LogP contribution >= 0.6 is 0 Å². The first-order valence-electron chi connectivity index (χ1n) is 4.77. The van der Waals surface area contributed by atoms with Crippen LogP contribution in [0.2, 0.25) is 0 Å². The van der Waals surface area contributed by atoms with Crippen molar-refractivity contribution in [2.45, 2.75) is 6.92 Å². The quantitative estimate of drug-likeness (QED) is 0.779. The molecule has 78 valence electrons. The van der Waals surface area contributed by atoms with Crippen molar-refractivity contribution < 1.29 is 0 Å². The van der Waals surface area contributed by atoms with Crippen molar-refractivity contribution in [2.75, 3.05) is 0 Å². The molecular weight excluding hydrogens is 202 g/mol. The van der Waals surface area contributed by atoms with Crippen molar-refractivity contribution in [1.29, 1.82) is 5.26 Å². The number of pyridine rings is 2. The summed E-state index contributed by atoms with van der Waals surface area (Å²) in [6.45, 7) is 1.80. The van der Waals surface area contributed by atoms with Gasteiger partial charge in [-0.3, -0.25) is 9.78 Å². The van der Waals surface area contributed by atoms with Crippen molar-refractivity contribution in [1.82, 2.24) is 9.97 Å². The summed E-state index contributed by atoms with van der Waals surface area (Å²) in [6.07, 6.45) is 3.37. The summed E-state index contributed by atoms with van der Waals surface area (Å²) in [5.74, 6) is 0. The second kappa shape index (κ2) is 3.99. The van der Waals surface area contributed by atoms with E-state index in [1.165, 1.54) is 0 Å². The minimum absolute atomic E-state index is 0.115. The molecule has 0 aliphatic rings. The second-order valence-electron chi connectivity index (χ2n) is 3.40. The van der Waals surface area contributed by atoms with Gasteiger partial charge in [0.25, 0.3) is 5.56 Å². The number of aryl methyl sites for hydroxylation is 1. The molecule has 2 aromatic rings. The summed E-state index contributed by atoms with van der Waals surface area (Å²) < 4.78 is 0. The zero-order valence-electron chi connectivity index (χ0n) is 8.69. The Kier molecular flexibility index (Phi) is 2.52. The molecule has 2 aromatic heterocycles. The number of aromatic amines is 1. The van der Waals surface area contributed by atoms with Crippen molar-refractivity contribution in [3.8, 4) is 17.2 Å². The molecular formula is C12H9N3O. The summed E-state index contributed by atoms with van der Waals surface area (Å²) >= 11 is 0. The number of hydrogen-bond acceptors (Lipinski definition) is 3. The first-order valence-corrected chi connectivity index (χ1v) is 4.77. The zero-order chi connectivity index (χ0) is 11.5. The van der Waals surface area contributed by atoms with Gasteiger partial charge in [-0.1, -0.05) is 6.07 Å². The highest BCUT2D eigenvalue weighted by Gasteiger charge is 2.06. The fraction of sp³-hybridized carbons (Fsp3) is 0.0833. The number of nitrogens with zero attached hydrogens (tertiary/aromatic N) is 2. The minimum atomic E-state index is -0.354. The maximum atomic E-state index is 11.4. The number of nitriles is 1. The Bertz CT molecular complexity index is 608. The fourth-order valence-corrected chi connectivity index (χ4v) is 1.53. The maximum Gasteiger partial charge on any atom is 0.266 e. The van der Waals surface area contributed by atoms with E-state index in [9.17, 15) is 4.79 Å². The molecule has 0 aliphatic heterocycles. The number of aromatic nitrogens is 2. The van der Waals surface area contributed by atoms with Gasteiger partial charge in [-0.25, -0.2) is 0 Å². The van der Waals surface area contributed by atoms with Gasteiger partial charge in [0.2, 0.25) is 0 Å². The van der Waals surface area contributed by atoms with Crippen LogP contribution in [-0.4, -0.2) is 9.97 Å². The van der Waals surface area contributed by atoms with Gasteiger partial charge in [-0.15, -0.1) is 0 Å². The third-order valence-electron chi connectivity index (χ3n) is 2.33. The van der Waals surface area contributed by atoms with E-state index in [0.717, 1.165) is 16.8 Å². The number of nitrogens with one attached hydrogen (secondary N) is 1. The Hall–Kier alpha value is -2.41. The van der Waals surface area contributed by atoms with E-state index >= 15 is 0 Å². The van der Waals surface area contributed by atoms with E-state index in [0.29, 0.717) is 0 Å². The SMILES string of the molecule is Cc1[nH]c(=O)c(C#N)cc1-c1cccnc1. The van der Waals surface area contributed by atoms with Crippen LogP contribution in [0.3, 0.4) is 0 Å². The molecule has 0 aliphatic carbocycles. The minimum Gasteiger partial charge on any atom is -0.325 e. The number of H-pyrrole nitrogens is 1. The molecule has 0 radical (unpaired) electrons. The van der Waals surface area contributed by atoms with E-state index in [-0.39, 0.29) is 11.1 Å². The van der Waals surface area contributed by atoms with Gasteiger partial charge in [0.1, 0.15) is 11.6 Å². The van der Waals surface area contributed by atoms with Crippen molar-refractivity contribution in [2.24, 2.45) is 0 Å². The predicted octanol–water partition coefficient (Wildman–Crippen LogP) is 1.62. The van der Waals surface area contributed by atoms with Crippen LogP contribution in [0.4, 0.5) is 0 Å². The Labute approximate surface area is 92.2 Å². The Balaban J connectivity index is 2.68. The first kappa shape index (κ1) is 10.1. The Morgan fingerprint density at radius 3 is 2.94 bits per heavy atom. The smallest absolute Gasteiger partial charge is 0.266 e. The topological polar surface area (TPSA) is 69.5 Å². The van der Waals surface area contributed by atoms with Crippen molar-refractivity contribution >= 4 is 0 Å². The summed E-state index contributed by atoms with van der Waals surface area (Å²) in [4.78, 5) is 18.0. The molecule has 0 saturated carbocycles. The lowest BCUT2D eigenvalue weighted by atomic mass is 10.0. The molecule has 1 N–H and O–H groups in total. The van der Waals surface area contributed by atoms with Crippen LogP contribution < -0.4 is 5.56 Å². The largest absolute Gasteiger partial charge is 0.325 e. The summed E-state index contributed by atoms with van der Waals surface area (Å²) in [6, 6.07) is 7.15. The van der Waals surface area contributed by atoms with Crippen LogP contribution in [0.25, 0.3) is 11.1 Å². The van der Waals surface area contributed by atoms with Crippen molar-refractivity contribution in [3.63, 3.8) is 0 Å². The van der Waals surface area contributed by atoms with Gasteiger partial charge in [0.15, 0.2) is 0 Å². The van der Waals surface area contributed by atoms with Gasteiger partial charge in [0, 0.05) is 29.2 Å². The molecule has 0 saturated heterocycles. The third-order valence-corrected chi connectivity index (χ3v) is 2.33. The van der Waals surface area contributed by atoms with E-state index < -0.39 is 0 Å². The van der Waals surface area contributed by atoms with Crippen molar-refractivity contribution in [3.05, 3.63) is 52.2 Å². The van der Waals surface area contributed by atoms with Gasteiger partial charge in [-0.2, -0.15) is 5.26 Å². The lowest BCUT2D eigenvalue weighted by molar-refractivity contribution is 1.13. The summed E-state index contributed by atoms with van der Waals surface area (Å²) in [7, 11) is 0. The van der Waals surface area contributed by atoms with E-state index in [1.54, 1.807) is 25.4 Å². The lowest BCUT2D eigenvalue weighted by Gasteiger charge is -2.05. The highest BCUT2D eigenvalue weighted by Crippen LogP contribution is 2.20. The molecule has 4 nitrogen and oxygen atoms in total. The van der Waals surface area contributed by atoms with Gasteiger partial charge in [-0.05, 0) is 19.1 Å². The fourth-order valence-electron chi connectivity index (χ4n) is 1.53. The lowest BCUT2D eigenvalue weighted by Crippen LogP contribution is -2.11. The zero-order valence-corrected chi connectivity index (χ0v) is 8.69. The predicted molar refractivity (Wildman–Crippen MR) is 59.7 cm³/mol. The normalized spacial score (nSPS) is 9.75. The second-order valence-corrected chi connectivity index (χ2v) is 3.40.